The lowest BCUT2D eigenvalue weighted by Crippen LogP contribution is -2.11. The van der Waals surface area contributed by atoms with E-state index in [2.05, 4.69) is 10.3 Å². The molecule has 98 valence electrons. The number of carbonyl (C=O) groups is 2. The largest absolute Gasteiger partial charge is 0.478 e. The van der Waals surface area contributed by atoms with Crippen LogP contribution in [0, 0.1) is 0 Å². The van der Waals surface area contributed by atoms with E-state index in [0.29, 0.717) is 10.6 Å². The molecule has 0 atom stereocenters. The van der Waals surface area contributed by atoms with Crippen LogP contribution in [0.2, 0.25) is 0 Å². The Labute approximate surface area is 113 Å². The monoisotopic (exact) mass is 276 g/mol. The first-order chi connectivity index (χ1) is 9.10. The van der Waals surface area contributed by atoms with Crippen molar-refractivity contribution in [1.29, 1.82) is 0 Å². The minimum atomic E-state index is -1.08. The fraction of sp³-hybridized carbons (Fsp3) is 0.154. The SMILES string of the molecule is CCc1ccc(C(=O)Nc2cncc(C(=O)O)c2)s1. The molecule has 0 aliphatic heterocycles. The highest BCUT2D eigenvalue weighted by Gasteiger charge is 2.10. The number of pyridine rings is 1. The summed E-state index contributed by atoms with van der Waals surface area (Å²) < 4.78 is 0. The highest BCUT2D eigenvalue weighted by molar-refractivity contribution is 7.14. The Bertz CT molecular complexity index is 622. The number of carboxylic acids is 1. The molecule has 2 aromatic rings. The lowest BCUT2D eigenvalue weighted by Gasteiger charge is -2.03. The molecule has 6 heteroatoms. The summed E-state index contributed by atoms with van der Waals surface area (Å²) in [5.74, 6) is -1.33. The maximum Gasteiger partial charge on any atom is 0.337 e. The van der Waals surface area contributed by atoms with Gasteiger partial charge in [0.25, 0.3) is 5.91 Å². The minimum Gasteiger partial charge on any atom is -0.478 e. The highest BCUT2D eigenvalue weighted by atomic mass is 32.1. The molecular formula is C13H12N2O3S. The van der Waals surface area contributed by atoms with E-state index in [0.717, 1.165) is 11.3 Å². The van der Waals surface area contributed by atoms with Crippen molar-refractivity contribution < 1.29 is 14.7 Å². The summed E-state index contributed by atoms with van der Waals surface area (Å²) in [7, 11) is 0. The first-order valence-corrected chi connectivity index (χ1v) is 6.50. The van der Waals surface area contributed by atoms with Crippen molar-refractivity contribution in [1.82, 2.24) is 4.98 Å². The maximum atomic E-state index is 11.9. The van der Waals surface area contributed by atoms with E-state index in [1.54, 1.807) is 6.07 Å². The molecule has 2 aromatic heterocycles. The molecule has 0 radical (unpaired) electrons. The van der Waals surface area contributed by atoms with E-state index in [9.17, 15) is 9.59 Å². The average Bonchev–Trinajstić information content (AvgIpc) is 2.88. The number of nitrogens with one attached hydrogen (secondary N) is 1. The predicted molar refractivity (Wildman–Crippen MR) is 72.8 cm³/mol. The van der Waals surface area contributed by atoms with Crippen LogP contribution in [0.25, 0.3) is 0 Å². The van der Waals surface area contributed by atoms with Crippen molar-refractivity contribution in [2.24, 2.45) is 0 Å². The summed E-state index contributed by atoms with van der Waals surface area (Å²) in [6.07, 6.45) is 3.53. The first-order valence-electron chi connectivity index (χ1n) is 5.68. The number of aryl methyl sites for hydroxylation is 1. The van der Waals surface area contributed by atoms with Crippen LogP contribution < -0.4 is 5.32 Å². The first kappa shape index (κ1) is 13.2. The van der Waals surface area contributed by atoms with Crippen LogP contribution in [0.3, 0.4) is 0 Å². The third kappa shape index (κ3) is 3.17. The zero-order valence-electron chi connectivity index (χ0n) is 10.2. The molecule has 5 nitrogen and oxygen atoms in total. The summed E-state index contributed by atoms with van der Waals surface area (Å²) in [4.78, 5) is 28.3. The number of hydrogen-bond acceptors (Lipinski definition) is 4. The van der Waals surface area contributed by atoms with E-state index in [1.807, 2.05) is 13.0 Å². The van der Waals surface area contributed by atoms with E-state index < -0.39 is 5.97 Å². The Morgan fingerprint density at radius 3 is 2.79 bits per heavy atom. The standard InChI is InChI=1S/C13H12N2O3S/c1-2-10-3-4-11(19-10)12(16)15-9-5-8(13(17)18)6-14-7-9/h3-7H,2H2,1H3,(H,15,16)(H,17,18). The quantitative estimate of drug-likeness (QED) is 0.899. The van der Waals surface area contributed by atoms with Crippen molar-refractivity contribution in [2.45, 2.75) is 13.3 Å². The Hall–Kier alpha value is -2.21. The number of rotatable bonds is 4. The van der Waals surface area contributed by atoms with Crippen molar-refractivity contribution in [3.8, 4) is 0 Å². The van der Waals surface area contributed by atoms with Gasteiger partial charge in [-0.15, -0.1) is 11.3 Å². The van der Waals surface area contributed by atoms with E-state index >= 15 is 0 Å². The molecule has 0 aromatic carbocycles. The van der Waals surface area contributed by atoms with Gasteiger partial charge in [-0.1, -0.05) is 6.92 Å². The van der Waals surface area contributed by atoms with E-state index in [1.165, 1.54) is 29.8 Å². The fourth-order valence-corrected chi connectivity index (χ4v) is 2.35. The summed E-state index contributed by atoms with van der Waals surface area (Å²) in [5, 5.41) is 11.5. The molecule has 1 amide bonds. The van der Waals surface area contributed by atoms with Gasteiger partial charge in [0.1, 0.15) is 0 Å². The fourth-order valence-electron chi connectivity index (χ4n) is 1.51. The Morgan fingerprint density at radius 2 is 2.16 bits per heavy atom. The molecular weight excluding hydrogens is 264 g/mol. The molecule has 2 rings (SSSR count). The van der Waals surface area contributed by atoms with Crippen LogP contribution >= 0.6 is 11.3 Å². The van der Waals surface area contributed by atoms with Crippen LogP contribution in [0.4, 0.5) is 5.69 Å². The van der Waals surface area contributed by atoms with Gasteiger partial charge in [-0.2, -0.15) is 0 Å². The van der Waals surface area contributed by atoms with Gasteiger partial charge in [0, 0.05) is 11.1 Å². The van der Waals surface area contributed by atoms with Crippen molar-refractivity contribution >= 4 is 28.9 Å². The zero-order chi connectivity index (χ0) is 13.8. The number of thiophene rings is 1. The van der Waals surface area contributed by atoms with Crippen molar-refractivity contribution in [3.63, 3.8) is 0 Å². The Morgan fingerprint density at radius 1 is 1.37 bits per heavy atom. The van der Waals surface area contributed by atoms with Gasteiger partial charge in [0.2, 0.25) is 0 Å². The smallest absolute Gasteiger partial charge is 0.337 e. The predicted octanol–water partition coefficient (Wildman–Crippen LogP) is 2.66. The summed E-state index contributed by atoms with van der Waals surface area (Å²) in [5.41, 5.74) is 0.412. The molecule has 0 aliphatic carbocycles. The Balaban J connectivity index is 2.14. The molecule has 0 aliphatic rings. The second-order valence-electron chi connectivity index (χ2n) is 3.84. The molecule has 19 heavy (non-hydrogen) atoms. The van der Waals surface area contributed by atoms with Crippen LogP contribution in [0.15, 0.2) is 30.6 Å². The number of aromatic carboxylic acids is 1. The van der Waals surface area contributed by atoms with Gasteiger partial charge < -0.3 is 10.4 Å². The van der Waals surface area contributed by atoms with E-state index in [4.69, 9.17) is 5.11 Å². The number of hydrogen-bond donors (Lipinski definition) is 2. The zero-order valence-corrected chi connectivity index (χ0v) is 11.0. The molecule has 0 spiro atoms. The average molecular weight is 276 g/mol. The van der Waals surface area contributed by atoms with Gasteiger partial charge in [-0.3, -0.25) is 9.78 Å². The summed E-state index contributed by atoms with van der Waals surface area (Å²) in [6.45, 7) is 2.02. The van der Waals surface area contributed by atoms with Gasteiger partial charge in [-0.25, -0.2) is 4.79 Å². The second kappa shape index (κ2) is 5.62. The molecule has 0 unspecified atom stereocenters. The third-order valence-electron chi connectivity index (χ3n) is 2.48. The van der Waals surface area contributed by atoms with E-state index in [-0.39, 0.29) is 11.5 Å². The van der Waals surface area contributed by atoms with Gasteiger partial charge >= 0.3 is 5.97 Å². The number of aromatic nitrogens is 1. The van der Waals surface area contributed by atoms with Gasteiger partial charge in [-0.05, 0) is 24.6 Å². The molecule has 2 N–H and O–H groups in total. The lowest BCUT2D eigenvalue weighted by atomic mass is 10.2. The molecule has 0 fully saturated rings. The van der Waals surface area contributed by atoms with Crippen LogP contribution in [0.1, 0.15) is 31.8 Å². The minimum absolute atomic E-state index is 0.0400. The molecule has 2 heterocycles. The van der Waals surface area contributed by atoms with Crippen molar-refractivity contribution in [3.05, 3.63) is 45.9 Å². The molecule has 0 saturated carbocycles. The number of amides is 1. The number of carboxylic acid groups (broad SMARTS) is 1. The number of carbonyl (C=O) groups excluding carboxylic acids is 1. The van der Waals surface area contributed by atoms with Crippen LogP contribution in [-0.4, -0.2) is 22.0 Å². The third-order valence-corrected chi connectivity index (χ3v) is 3.71. The van der Waals surface area contributed by atoms with Crippen molar-refractivity contribution in [2.75, 3.05) is 5.32 Å². The molecule has 0 saturated heterocycles. The lowest BCUT2D eigenvalue weighted by molar-refractivity contribution is 0.0696. The summed E-state index contributed by atoms with van der Waals surface area (Å²) in [6, 6.07) is 5.04. The van der Waals surface area contributed by atoms with Crippen LogP contribution in [-0.2, 0) is 6.42 Å². The topological polar surface area (TPSA) is 79.3 Å². The normalized spacial score (nSPS) is 10.2. The second-order valence-corrected chi connectivity index (χ2v) is 5.01. The van der Waals surface area contributed by atoms with Gasteiger partial charge in [0.05, 0.1) is 22.3 Å². The van der Waals surface area contributed by atoms with Crippen LogP contribution in [0.5, 0.6) is 0 Å². The summed E-state index contributed by atoms with van der Waals surface area (Å²) >= 11 is 1.42. The highest BCUT2D eigenvalue weighted by Crippen LogP contribution is 2.18. The number of anilines is 1. The maximum absolute atomic E-state index is 11.9. The Kier molecular flexibility index (Phi) is 3.91. The van der Waals surface area contributed by atoms with Gasteiger partial charge in [0.15, 0.2) is 0 Å². The number of nitrogens with zero attached hydrogens (tertiary/aromatic N) is 1. The molecule has 0 bridgehead atoms.